The highest BCUT2D eigenvalue weighted by Gasteiger charge is 2.29. The van der Waals surface area contributed by atoms with Gasteiger partial charge in [-0.05, 0) is 68.2 Å². The molecule has 0 radical (unpaired) electrons. The fourth-order valence-corrected chi connectivity index (χ4v) is 4.96. The van der Waals surface area contributed by atoms with Crippen LogP contribution in [0.5, 0.6) is 5.75 Å². The number of unbranched alkanes of at least 4 members (excludes halogenated alkanes) is 1. The van der Waals surface area contributed by atoms with Crippen LogP contribution in [-0.4, -0.2) is 20.9 Å². The van der Waals surface area contributed by atoms with Crippen molar-refractivity contribution in [2.45, 2.75) is 51.3 Å². The second-order valence-corrected chi connectivity index (χ2v) is 10.2. The van der Waals surface area contributed by atoms with E-state index < -0.39 is 15.9 Å². The second-order valence-electron chi connectivity index (χ2n) is 8.41. The Hall–Kier alpha value is -3.38. The Morgan fingerprint density at radius 3 is 2.26 bits per heavy atom. The zero-order valence-corrected chi connectivity index (χ0v) is 21.4. The third kappa shape index (κ3) is 6.83. The van der Waals surface area contributed by atoms with Gasteiger partial charge in [-0.1, -0.05) is 68.3 Å². The summed E-state index contributed by atoms with van der Waals surface area (Å²) in [7, 11) is -4.13. The van der Waals surface area contributed by atoms with E-state index in [1.54, 1.807) is 30.3 Å². The van der Waals surface area contributed by atoms with Crippen molar-refractivity contribution in [2.75, 3.05) is 10.9 Å². The Bertz CT molecular complexity index is 1250. The van der Waals surface area contributed by atoms with Gasteiger partial charge in [-0.25, -0.2) is 8.42 Å². The number of sulfonamides is 1. The molecule has 0 heterocycles. The molecule has 0 saturated carbocycles. The number of amides is 1. The van der Waals surface area contributed by atoms with Gasteiger partial charge in [0.2, 0.25) is 0 Å². The van der Waals surface area contributed by atoms with Gasteiger partial charge in [0.25, 0.3) is 15.9 Å². The fraction of sp³-hybridized carbons (Fsp3) is 0.276. The van der Waals surface area contributed by atoms with E-state index in [-0.39, 0.29) is 4.90 Å². The summed E-state index contributed by atoms with van der Waals surface area (Å²) in [6, 6.07) is 21.0. The molecule has 3 aromatic rings. The molecular weight excluding hydrogens is 458 g/mol. The van der Waals surface area contributed by atoms with Crippen LogP contribution in [-0.2, 0) is 21.2 Å². The third-order valence-electron chi connectivity index (χ3n) is 5.54. The summed E-state index contributed by atoms with van der Waals surface area (Å²) in [4.78, 5) is 13.5. The predicted molar refractivity (Wildman–Crippen MR) is 142 cm³/mol. The lowest BCUT2D eigenvalue weighted by Crippen LogP contribution is -2.35. The monoisotopic (exact) mass is 491 g/mol. The Morgan fingerprint density at radius 1 is 0.914 bits per heavy atom. The van der Waals surface area contributed by atoms with E-state index in [1.165, 1.54) is 18.2 Å². The van der Waals surface area contributed by atoms with Crippen molar-refractivity contribution >= 4 is 27.7 Å². The molecule has 0 saturated heterocycles. The molecule has 184 valence electrons. The summed E-state index contributed by atoms with van der Waals surface area (Å²) < 4.78 is 33.8. The summed E-state index contributed by atoms with van der Waals surface area (Å²) in [6.07, 6.45) is 6.76. The minimum absolute atomic E-state index is 0.0617. The Morgan fingerprint density at radius 2 is 1.60 bits per heavy atom. The Balaban J connectivity index is 1.99. The maximum Gasteiger partial charge on any atom is 0.271 e. The smallest absolute Gasteiger partial charge is 0.271 e. The minimum Gasteiger partial charge on any atom is -0.493 e. The highest BCUT2D eigenvalue weighted by molar-refractivity contribution is 7.93. The highest BCUT2D eigenvalue weighted by Crippen LogP contribution is 2.26. The third-order valence-corrected chi connectivity index (χ3v) is 7.27. The quantitative estimate of drug-likeness (QED) is 0.285. The number of carbonyl (C=O) groups is 1. The van der Waals surface area contributed by atoms with E-state index in [0.717, 1.165) is 41.1 Å². The number of rotatable bonds is 11. The van der Waals surface area contributed by atoms with Crippen molar-refractivity contribution in [1.82, 2.24) is 0 Å². The number of hydrogen-bond donors (Lipinski definition) is 0. The summed E-state index contributed by atoms with van der Waals surface area (Å²) in [5, 5.41) is 0. The van der Waals surface area contributed by atoms with Gasteiger partial charge in [0, 0.05) is 11.6 Å². The van der Waals surface area contributed by atoms with Gasteiger partial charge in [0.1, 0.15) is 5.75 Å². The number of carbonyl (C=O) groups excluding carboxylic acids is 1. The van der Waals surface area contributed by atoms with Crippen LogP contribution in [0.3, 0.4) is 0 Å². The summed E-state index contributed by atoms with van der Waals surface area (Å²) in [5.74, 6) is -0.0104. The van der Waals surface area contributed by atoms with Crippen LogP contribution in [0.15, 0.2) is 83.8 Å². The van der Waals surface area contributed by atoms with Crippen molar-refractivity contribution in [1.29, 1.82) is 0 Å². The molecule has 3 rings (SSSR count). The Kier molecular flexibility index (Phi) is 9.26. The van der Waals surface area contributed by atoms with Crippen LogP contribution < -0.4 is 9.04 Å². The van der Waals surface area contributed by atoms with Crippen molar-refractivity contribution < 1.29 is 17.9 Å². The molecule has 0 aromatic heterocycles. The lowest BCUT2D eigenvalue weighted by atomic mass is 10.1. The predicted octanol–water partition coefficient (Wildman–Crippen LogP) is 6.56. The molecule has 0 fully saturated rings. The number of hydrogen-bond acceptors (Lipinski definition) is 4. The van der Waals surface area contributed by atoms with Gasteiger partial charge in [-0.15, -0.1) is 0 Å². The number of ether oxygens (including phenoxy) is 1. The molecule has 0 aliphatic rings. The molecule has 6 heteroatoms. The van der Waals surface area contributed by atoms with Crippen molar-refractivity contribution in [3.63, 3.8) is 0 Å². The molecule has 0 atom stereocenters. The molecule has 0 bridgehead atoms. The molecular formula is C29H33NO4S. The van der Waals surface area contributed by atoms with Gasteiger partial charge >= 0.3 is 0 Å². The SMILES string of the molecule is CCCCc1ccc(N(C(=O)/C=C/c2ccccc2OCCC)S(=O)(=O)c2ccc(C)cc2)cc1. The van der Waals surface area contributed by atoms with E-state index in [2.05, 4.69) is 6.92 Å². The first-order chi connectivity index (χ1) is 16.9. The topological polar surface area (TPSA) is 63.7 Å². The number of para-hydroxylation sites is 1. The van der Waals surface area contributed by atoms with Crippen molar-refractivity contribution in [3.05, 3.63) is 95.6 Å². The first-order valence-electron chi connectivity index (χ1n) is 12.0. The summed E-state index contributed by atoms with van der Waals surface area (Å²) in [6.45, 7) is 6.58. The van der Waals surface area contributed by atoms with Gasteiger partial charge < -0.3 is 4.74 Å². The maximum absolute atomic E-state index is 13.6. The first kappa shape index (κ1) is 26.2. The van der Waals surface area contributed by atoms with Gasteiger partial charge in [0.05, 0.1) is 17.2 Å². The van der Waals surface area contributed by atoms with Crippen LogP contribution in [0.1, 0.15) is 49.8 Å². The molecule has 0 aliphatic carbocycles. The van der Waals surface area contributed by atoms with E-state index in [1.807, 2.05) is 50.2 Å². The lowest BCUT2D eigenvalue weighted by Gasteiger charge is -2.22. The average molecular weight is 492 g/mol. The van der Waals surface area contributed by atoms with Gasteiger partial charge in [-0.2, -0.15) is 4.31 Å². The molecule has 0 aliphatic heterocycles. The van der Waals surface area contributed by atoms with Crippen molar-refractivity contribution in [2.24, 2.45) is 0 Å². The van der Waals surface area contributed by atoms with Crippen LogP contribution in [0, 0.1) is 6.92 Å². The molecule has 5 nitrogen and oxygen atoms in total. The molecule has 35 heavy (non-hydrogen) atoms. The summed E-state index contributed by atoms with van der Waals surface area (Å²) >= 11 is 0. The fourth-order valence-electron chi connectivity index (χ4n) is 3.57. The number of nitrogens with zero attached hydrogens (tertiary/aromatic N) is 1. The summed E-state index contributed by atoms with van der Waals surface area (Å²) in [5.41, 5.74) is 3.05. The standard InChI is InChI=1S/C29H33NO4S/c1-4-6-9-24-14-17-26(18-15-24)30(35(32,33)27-19-12-23(3)13-20-27)29(31)21-16-25-10-7-8-11-28(25)34-22-5-2/h7-8,10-21H,4-6,9,22H2,1-3H3/b21-16+. The van der Waals surface area contributed by atoms with Crippen LogP contribution in [0.25, 0.3) is 6.08 Å². The van der Waals surface area contributed by atoms with Crippen molar-refractivity contribution in [3.8, 4) is 5.75 Å². The molecule has 0 N–H and O–H groups in total. The molecule has 1 amide bonds. The number of aryl methyl sites for hydroxylation is 2. The van der Waals surface area contributed by atoms with Crippen LogP contribution >= 0.6 is 0 Å². The van der Waals surface area contributed by atoms with Crippen LogP contribution in [0.4, 0.5) is 5.69 Å². The average Bonchev–Trinajstić information content (AvgIpc) is 2.86. The maximum atomic E-state index is 13.6. The second kappa shape index (κ2) is 12.4. The first-order valence-corrected chi connectivity index (χ1v) is 13.5. The molecule has 0 unspecified atom stereocenters. The normalized spacial score (nSPS) is 11.5. The zero-order valence-electron chi connectivity index (χ0n) is 20.6. The highest BCUT2D eigenvalue weighted by atomic mass is 32.2. The minimum atomic E-state index is -4.13. The Labute approximate surface area is 209 Å². The van der Waals surface area contributed by atoms with E-state index in [4.69, 9.17) is 4.74 Å². The van der Waals surface area contributed by atoms with Crippen LogP contribution in [0.2, 0.25) is 0 Å². The molecule has 0 spiro atoms. The number of anilines is 1. The van der Waals surface area contributed by atoms with Gasteiger partial charge in [0.15, 0.2) is 0 Å². The van der Waals surface area contributed by atoms with E-state index >= 15 is 0 Å². The van der Waals surface area contributed by atoms with E-state index in [0.29, 0.717) is 23.6 Å². The van der Waals surface area contributed by atoms with Gasteiger partial charge in [-0.3, -0.25) is 4.79 Å². The lowest BCUT2D eigenvalue weighted by molar-refractivity contribution is -0.113. The largest absolute Gasteiger partial charge is 0.493 e. The number of benzene rings is 3. The zero-order chi connectivity index (χ0) is 25.3. The molecule has 3 aromatic carbocycles. The van der Waals surface area contributed by atoms with E-state index in [9.17, 15) is 13.2 Å².